The van der Waals surface area contributed by atoms with Gasteiger partial charge in [-0.15, -0.1) is 11.3 Å². The van der Waals surface area contributed by atoms with Crippen LogP contribution in [0.3, 0.4) is 0 Å². The molecule has 2 atom stereocenters. The number of thiazole rings is 1. The highest BCUT2D eigenvalue weighted by atomic mass is 32.1. The molecule has 0 amide bonds. The molecule has 0 radical (unpaired) electrons. The number of aromatic nitrogens is 1. The molecule has 1 aromatic rings. The lowest BCUT2D eigenvalue weighted by Crippen LogP contribution is -2.25. The predicted octanol–water partition coefficient (Wildman–Crippen LogP) is 0.799. The van der Waals surface area contributed by atoms with Crippen LogP contribution in [0.25, 0.3) is 0 Å². The van der Waals surface area contributed by atoms with Gasteiger partial charge in [0, 0.05) is 37.8 Å². The number of fused-ring (bicyclic) bond motifs is 1. The van der Waals surface area contributed by atoms with Crippen molar-refractivity contribution in [1.82, 2.24) is 10.3 Å². The van der Waals surface area contributed by atoms with E-state index >= 15 is 0 Å². The Morgan fingerprint density at radius 2 is 2.15 bits per heavy atom. The minimum Gasteiger partial charge on any atom is -0.347 e. The molecule has 2 aliphatic heterocycles. The van der Waals surface area contributed by atoms with Gasteiger partial charge in [-0.3, -0.25) is 0 Å². The average molecular weight is 195 g/mol. The fraction of sp³-hybridized carbons (Fsp3) is 0.667. The first-order valence-electron chi connectivity index (χ1n) is 4.78. The van der Waals surface area contributed by atoms with Gasteiger partial charge < -0.3 is 10.2 Å². The first kappa shape index (κ1) is 7.76. The molecule has 13 heavy (non-hydrogen) atoms. The maximum atomic E-state index is 4.35. The molecular weight excluding hydrogens is 182 g/mol. The van der Waals surface area contributed by atoms with Gasteiger partial charge in [0.25, 0.3) is 0 Å². The van der Waals surface area contributed by atoms with Crippen molar-refractivity contribution in [2.24, 2.45) is 11.8 Å². The summed E-state index contributed by atoms with van der Waals surface area (Å²) in [6, 6.07) is 0. The molecule has 1 N–H and O–H groups in total. The summed E-state index contributed by atoms with van der Waals surface area (Å²) in [5.74, 6) is 1.73. The monoisotopic (exact) mass is 195 g/mol. The van der Waals surface area contributed by atoms with Crippen LogP contribution in [-0.2, 0) is 0 Å². The Morgan fingerprint density at radius 1 is 1.38 bits per heavy atom. The Bertz CT molecular complexity index is 273. The van der Waals surface area contributed by atoms with Crippen LogP contribution in [0, 0.1) is 11.8 Å². The van der Waals surface area contributed by atoms with Gasteiger partial charge in [0.15, 0.2) is 5.13 Å². The molecule has 1 aromatic heterocycles. The molecule has 0 spiro atoms. The zero-order valence-corrected chi connectivity index (χ0v) is 8.26. The third kappa shape index (κ3) is 1.25. The largest absolute Gasteiger partial charge is 0.347 e. The molecule has 0 bridgehead atoms. The van der Waals surface area contributed by atoms with Gasteiger partial charge in [-0.1, -0.05) is 0 Å². The zero-order valence-electron chi connectivity index (χ0n) is 7.44. The highest BCUT2D eigenvalue weighted by Crippen LogP contribution is 2.31. The van der Waals surface area contributed by atoms with Crippen LogP contribution in [0.15, 0.2) is 11.6 Å². The molecule has 0 unspecified atom stereocenters. The smallest absolute Gasteiger partial charge is 0.185 e. The number of nitrogens with one attached hydrogen (secondary N) is 1. The molecule has 4 heteroatoms. The molecule has 2 saturated heterocycles. The Morgan fingerprint density at radius 3 is 2.77 bits per heavy atom. The second kappa shape index (κ2) is 2.96. The summed E-state index contributed by atoms with van der Waals surface area (Å²) in [6.07, 6.45) is 1.90. The summed E-state index contributed by atoms with van der Waals surface area (Å²) in [5, 5.41) is 6.71. The Labute approximate surface area is 81.8 Å². The fourth-order valence-electron chi connectivity index (χ4n) is 2.38. The van der Waals surface area contributed by atoms with Crippen LogP contribution < -0.4 is 10.2 Å². The zero-order chi connectivity index (χ0) is 8.67. The van der Waals surface area contributed by atoms with Gasteiger partial charge in [-0.05, 0) is 11.8 Å². The van der Waals surface area contributed by atoms with Crippen LogP contribution in [0.5, 0.6) is 0 Å². The van der Waals surface area contributed by atoms with Crippen molar-refractivity contribution in [3.05, 3.63) is 11.6 Å². The fourth-order valence-corrected chi connectivity index (χ4v) is 3.05. The van der Waals surface area contributed by atoms with Crippen LogP contribution in [0.1, 0.15) is 0 Å². The van der Waals surface area contributed by atoms with Crippen LogP contribution in [-0.4, -0.2) is 31.2 Å². The van der Waals surface area contributed by atoms with Crippen LogP contribution in [0.4, 0.5) is 5.13 Å². The Hall–Kier alpha value is -0.610. The van der Waals surface area contributed by atoms with Crippen molar-refractivity contribution < 1.29 is 0 Å². The SMILES string of the molecule is c1csc(N2C[C@H]3CNC[C@H]3C2)n1. The van der Waals surface area contributed by atoms with Crippen molar-refractivity contribution in [2.45, 2.75) is 0 Å². The number of nitrogens with zero attached hydrogens (tertiary/aromatic N) is 2. The van der Waals surface area contributed by atoms with E-state index in [2.05, 4.69) is 20.6 Å². The van der Waals surface area contributed by atoms with Crippen molar-refractivity contribution in [2.75, 3.05) is 31.1 Å². The van der Waals surface area contributed by atoms with E-state index in [9.17, 15) is 0 Å². The second-order valence-electron chi connectivity index (χ2n) is 3.90. The molecule has 70 valence electrons. The van der Waals surface area contributed by atoms with E-state index < -0.39 is 0 Å². The van der Waals surface area contributed by atoms with E-state index in [1.165, 1.54) is 31.3 Å². The minimum absolute atomic E-state index is 0.865. The maximum Gasteiger partial charge on any atom is 0.185 e. The molecule has 2 aliphatic rings. The summed E-state index contributed by atoms with van der Waals surface area (Å²) >= 11 is 1.75. The molecular formula is C9H13N3S. The summed E-state index contributed by atoms with van der Waals surface area (Å²) in [5.41, 5.74) is 0. The lowest BCUT2D eigenvalue weighted by atomic mass is 10.0. The van der Waals surface area contributed by atoms with Crippen molar-refractivity contribution in [1.29, 1.82) is 0 Å². The van der Waals surface area contributed by atoms with Crippen LogP contribution >= 0.6 is 11.3 Å². The molecule has 0 aromatic carbocycles. The number of rotatable bonds is 1. The maximum absolute atomic E-state index is 4.35. The van der Waals surface area contributed by atoms with Gasteiger partial charge in [0.05, 0.1) is 0 Å². The predicted molar refractivity (Wildman–Crippen MR) is 54.2 cm³/mol. The standard InChI is InChI=1S/C9H13N3S/c1-2-13-9(11-1)12-5-7-3-10-4-8(7)6-12/h1-2,7-8,10H,3-6H2/t7-,8+. The summed E-state index contributed by atoms with van der Waals surface area (Å²) < 4.78 is 0. The van der Waals surface area contributed by atoms with Crippen molar-refractivity contribution in [3.63, 3.8) is 0 Å². The van der Waals surface area contributed by atoms with E-state index in [1.807, 2.05) is 6.20 Å². The number of hydrogen-bond donors (Lipinski definition) is 1. The molecule has 3 nitrogen and oxygen atoms in total. The number of anilines is 1. The average Bonchev–Trinajstić information content (AvgIpc) is 2.78. The minimum atomic E-state index is 0.865. The van der Waals surface area contributed by atoms with Gasteiger partial charge in [-0.25, -0.2) is 4.98 Å². The summed E-state index contributed by atoms with van der Waals surface area (Å²) in [6.45, 7) is 4.80. The number of hydrogen-bond acceptors (Lipinski definition) is 4. The Kier molecular flexibility index (Phi) is 1.77. The molecule has 3 rings (SSSR count). The third-order valence-corrected chi connectivity index (χ3v) is 3.91. The highest BCUT2D eigenvalue weighted by molar-refractivity contribution is 7.13. The van der Waals surface area contributed by atoms with E-state index in [-0.39, 0.29) is 0 Å². The summed E-state index contributed by atoms with van der Waals surface area (Å²) in [7, 11) is 0. The van der Waals surface area contributed by atoms with Gasteiger partial charge >= 0.3 is 0 Å². The van der Waals surface area contributed by atoms with E-state index in [0.717, 1.165) is 11.8 Å². The van der Waals surface area contributed by atoms with E-state index in [1.54, 1.807) is 11.3 Å². The molecule has 2 fully saturated rings. The van der Waals surface area contributed by atoms with Crippen molar-refractivity contribution >= 4 is 16.5 Å². The van der Waals surface area contributed by atoms with E-state index in [0.29, 0.717) is 0 Å². The summed E-state index contributed by atoms with van der Waals surface area (Å²) in [4.78, 5) is 6.78. The van der Waals surface area contributed by atoms with Gasteiger partial charge in [0.1, 0.15) is 0 Å². The molecule has 3 heterocycles. The lowest BCUT2D eigenvalue weighted by Gasteiger charge is -2.15. The first-order valence-corrected chi connectivity index (χ1v) is 5.66. The highest BCUT2D eigenvalue weighted by Gasteiger charge is 2.36. The Balaban J connectivity index is 1.76. The topological polar surface area (TPSA) is 28.2 Å². The second-order valence-corrected chi connectivity index (χ2v) is 4.77. The van der Waals surface area contributed by atoms with Crippen LogP contribution in [0.2, 0.25) is 0 Å². The first-order chi connectivity index (χ1) is 6.43. The molecule has 0 saturated carbocycles. The lowest BCUT2D eigenvalue weighted by molar-refractivity contribution is 0.533. The quantitative estimate of drug-likeness (QED) is 0.718. The van der Waals surface area contributed by atoms with Crippen molar-refractivity contribution in [3.8, 4) is 0 Å². The molecule has 0 aliphatic carbocycles. The van der Waals surface area contributed by atoms with Gasteiger partial charge in [-0.2, -0.15) is 0 Å². The van der Waals surface area contributed by atoms with Gasteiger partial charge in [0.2, 0.25) is 0 Å². The normalized spacial score (nSPS) is 32.5. The van der Waals surface area contributed by atoms with E-state index in [4.69, 9.17) is 0 Å². The third-order valence-electron chi connectivity index (χ3n) is 3.08.